The molecular formula is C51H99NO6. The molecule has 0 N–H and O–H groups in total. The van der Waals surface area contributed by atoms with Crippen molar-refractivity contribution in [2.75, 3.05) is 26.8 Å². The third-order valence-electron chi connectivity index (χ3n) is 12.3. The fraction of sp³-hybridized carbons (Fsp3) is 0.941. The molecule has 0 atom stereocenters. The lowest BCUT2D eigenvalue weighted by atomic mass is 9.92. The summed E-state index contributed by atoms with van der Waals surface area (Å²) in [5.41, 5.74) is 0. The molecule has 0 fully saturated rings. The molecule has 0 rings (SSSR count). The Labute approximate surface area is 361 Å². The number of carbonyl (C=O) groups excluding carboxylic acids is 3. The van der Waals surface area contributed by atoms with Gasteiger partial charge in [0.15, 0.2) is 0 Å². The van der Waals surface area contributed by atoms with E-state index in [9.17, 15) is 14.4 Å². The lowest BCUT2D eigenvalue weighted by Gasteiger charge is -2.21. The van der Waals surface area contributed by atoms with Gasteiger partial charge in [-0.1, -0.05) is 169 Å². The lowest BCUT2D eigenvalue weighted by molar-refractivity contribution is -0.150. The topological polar surface area (TPSA) is 82.1 Å². The molecular weight excluding hydrogens is 723 g/mol. The number of hydrogen-bond acceptors (Lipinski definition) is 7. The molecule has 0 saturated carbocycles. The van der Waals surface area contributed by atoms with Crippen LogP contribution in [0.5, 0.6) is 0 Å². The van der Waals surface area contributed by atoms with Crippen molar-refractivity contribution in [3.63, 3.8) is 0 Å². The van der Waals surface area contributed by atoms with Gasteiger partial charge in [-0.15, -0.1) is 0 Å². The number of esters is 3. The Morgan fingerprint density at radius 2 is 0.759 bits per heavy atom. The Kier molecular flexibility index (Phi) is 40.9. The quantitative estimate of drug-likeness (QED) is 0.0344. The number of carbonyl (C=O) groups is 3. The molecule has 0 saturated heterocycles. The van der Waals surface area contributed by atoms with Crippen LogP contribution in [0.15, 0.2) is 0 Å². The summed E-state index contributed by atoms with van der Waals surface area (Å²) in [4.78, 5) is 39.9. The lowest BCUT2D eigenvalue weighted by Crippen LogP contribution is -2.28. The molecule has 0 aliphatic rings. The van der Waals surface area contributed by atoms with Crippen LogP contribution >= 0.6 is 0 Å². The average Bonchev–Trinajstić information content (AvgIpc) is 3.19. The van der Waals surface area contributed by atoms with Crippen LogP contribution < -0.4 is 0 Å². The Balaban J connectivity index is 4.46. The predicted octanol–water partition coefficient (Wildman–Crippen LogP) is 14.9. The van der Waals surface area contributed by atoms with Crippen molar-refractivity contribution in [2.24, 2.45) is 11.8 Å². The van der Waals surface area contributed by atoms with Crippen LogP contribution in [0.4, 0.5) is 0 Å². The minimum Gasteiger partial charge on any atom is -0.466 e. The minimum atomic E-state index is -0.0688. The fourth-order valence-electron chi connectivity index (χ4n) is 8.00. The van der Waals surface area contributed by atoms with Crippen LogP contribution in [0.2, 0.25) is 0 Å². The van der Waals surface area contributed by atoms with E-state index >= 15 is 0 Å². The van der Waals surface area contributed by atoms with Gasteiger partial charge >= 0.3 is 17.9 Å². The zero-order valence-corrected chi connectivity index (χ0v) is 39.9. The van der Waals surface area contributed by atoms with Gasteiger partial charge in [0.25, 0.3) is 0 Å². The average molecular weight is 822 g/mol. The monoisotopic (exact) mass is 822 g/mol. The van der Waals surface area contributed by atoms with E-state index in [-0.39, 0.29) is 24.0 Å². The number of nitrogens with zero attached hydrogens (tertiary/aromatic N) is 1. The predicted molar refractivity (Wildman–Crippen MR) is 246 cm³/mol. The highest BCUT2D eigenvalue weighted by molar-refractivity contribution is 5.70. The summed E-state index contributed by atoms with van der Waals surface area (Å²) < 4.78 is 17.3. The zero-order valence-electron chi connectivity index (χ0n) is 39.9. The van der Waals surface area contributed by atoms with Gasteiger partial charge in [0, 0.05) is 25.3 Å². The maximum absolute atomic E-state index is 12.8. The maximum Gasteiger partial charge on any atom is 0.306 e. The van der Waals surface area contributed by atoms with Crippen molar-refractivity contribution in [3.05, 3.63) is 0 Å². The third-order valence-corrected chi connectivity index (χ3v) is 12.3. The Bertz CT molecular complexity index is 849. The highest BCUT2D eigenvalue weighted by atomic mass is 16.5. The van der Waals surface area contributed by atoms with Crippen molar-refractivity contribution in [1.29, 1.82) is 0 Å². The largest absolute Gasteiger partial charge is 0.466 e. The van der Waals surface area contributed by atoms with Gasteiger partial charge in [-0.05, 0) is 97.1 Å². The van der Waals surface area contributed by atoms with E-state index in [2.05, 4.69) is 53.5 Å². The van der Waals surface area contributed by atoms with Crippen LogP contribution in [0.1, 0.15) is 260 Å². The molecule has 0 aromatic rings. The summed E-state index contributed by atoms with van der Waals surface area (Å²) >= 11 is 0. The Hall–Kier alpha value is -1.63. The molecule has 7 nitrogen and oxygen atoms in total. The summed E-state index contributed by atoms with van der Waals surface area (Å²) in [6.07, 6.45) is 36.8. The van der Waals surface area contributed by atoms with Crippen LogP contribution in [-0.2, 0) is 28.6 Å². The van der Waals surface area contributed by atoms with E-state index < -0.39 is 0 Å². The Morgan fingerprint density at radius 3 is 1.14 bits per heavy atom. The molecule has 0 aromatic carbocycles. The normalized spacial score (nSPS) is 11.8. The first-order valence-corrected chi connectivity index (χ1v) is 25.4. The second-order valence-electron chi connectivity index (χ2n) is 18.1. The SMILES string of the molecule is CCCCCC(CCCCC)CCOC(=O)CCCCCCCC(CCCCCCCC(=O)OCCC(CCCCC)CCCCC)OC(=O)CCCN(C)C(C)C. The van der Waals surface area contributed by atoms with Gasteiger partial charge in [-0.25, -0.2) is 0 Å². The standard InChI is InChI=1S/C51H99NO6/c1-8-12-22-31-46(32-23-13-9-2)40-43-56-49(53)37-28-20-16-18-26-35-48(58-51(55)39-30-42-52(7)45(5)6)36-27-19-17-21-29-38-50(54)57-44-41-47(33-24-14-10-3)34-25-15-11-4/h45-48H,8-44H2,1-7H3. The summed E-state index contributed by atoms with van der Waals surface area (Å²) in [5, 5.41) is 0. The molecule has 0 bridgehead atoms. The smallest absolute Gasteiger partial charge is 0.306 e. The van der Waals surface area contributed by atoms with Crippen molar-refractivity contribution in [2.45, 2.75) is 272 Å². The molecule has 0 aliphatic carbocycles. The van der Waals surface area contributed by atoms with E-state index in [0.717, 1.165) is 103 Å². The maximum atomic E-state index is 12.8. The number of rotatable bonds is 44. The number of ether oxygens (including phenoxy) is 3. The van der Waals surface area contributed by atoms with E-state index in [4.69, 9.17) is 14.2 Å². The summed E-state index contributed by atoms with van der Waals surface area (Å²) in [7, 11) is 2.10. The molecule has 0 aromatic heterocycles. The third kappa shape index (κ3) is 37.4. The van der Waals surface area contributed by atoms with Crippen LogP contribution in [0.25, 0.3) is 0 Å². The molecule has 58 heavy (non-hydrogen) atoms. The highest BCUT2D eigenvalue weighted by Gasteiger charge is 2.16. The van der Waals surface area contributed by atoms with E-state index in [0.29, 0.717) is 50.4 Å². The molecule has 7 heteroatoms. The van der Waals surface area contributed by atoms with Crippen molar-refractivity contribution < 1.29 is 28.6 Å². The molecule has 0 aliphatic heterocycles. The number of unbranched alkanes of at least 4 members (excludes halogenated alkanes) is 16. The van der Waals surface area contributed by atoms with E-state index in [1.165, 1.54) is 103 Å². The Morgan fingerprint density at radius 1 is 0.414 bits per heavy atom. The molecule has 0 heterocycles. The molecule has 0 spiro atoms. The van der Waals surface area contributed by atoms with Gasteiger partial charge in [0.1, 0.15) is 6.10 Å². The van der Waals surface area contributed by atoms with Gasteiger partial charge < -0.3 is 19.1 Å². The van der Waals surface area contributed by atoms with E-state index in [1.807, 2.05) is 0 Å². The second kappa shape index (κ2) is 42.1. The van der Waals surface area contributed by atoms with Crippen molar-refractivity contribution in [1.82, 2.24) is 4.90 Å². The summed E-state index contributed by atoms with van der Waals surface area (Å²) in [6, 6.07) is 0.469. The second-order valence-corrected chi connectivity index (χ2v) is 18.1. The van der Waals surface area contributed by atoms with Gasteiger partial charge in [0.2, 0.25) is 0 Å². The summed E-state index contributed by atoms with van der Waals surface area (Å²) in [5.74, 6) is 1.23. The van der Waals surface area contributed by atoms with Crippen LogP contribution in [-0.4, -0.2) is 61.8 Å². The fourth-order valence-corrected chi connectivity index (χ4v) is 8.00. The minimum absolute atomic E-state index is 0.0270. The van der Waals surface area contributed by atoms with Crippen LogP contribution in [0.3, 0.4) is 0 Å². The first-order valence-electron chi connectivity index (χ1n) is 25.4. The molecule has 0 unspecified atom stereocenters. The van der Waals surface area contributed by atoms with E-state index in [1.54, 1.807) is 0 Å². The van der Waals surface area contributed by atoms with Crippen molar-refractivity contribution in [3.8, 4) is 0 Å². The van der Waals surface area contributed by atoms with Gasteiger partial charge in [0.05, 0.1) is 13.2 Å². The summed E-state index contributed by atoms with van der Waals surface area (Å²) in [6.45, 7) is 15.4. The highest BCUT2D eigenvalue weighted by Crippen LogP contribution is 2.23. The van der Waals surface area contributed by atoms with Crippen LogP contribution in [0, 0.1) is 11.8 Å². The first kappa shape index (κ1) is 56.4. The number of hydrogen-bond donors (Lipinski definition) is 0. The molecule has 0 radical (unpaired) electrons. The van der Waals surface area contributed by atoms with Gasteiger partial charge in [-0.2, -0.15) is 0 Å². The molecule has 344 valence electrons. The zero-order chi connectivity index (χ0) is 42.9. The van der Waals surface area contributed by atoms with Gasteiger partial charge in [-0.3, -0.25) is 14.4 Å². The van der Waals surface area contributed by atoms with Crippen molar-refractivity contribution >= 4 is 17.9 Å². The molecule has 0 amide bonds. The first-order chi connectivity index (χ1) is 28.2.